The van der Waals surface area contributed by atoms with Crippen LogP contribution in [-0.2, 0) is 11.3 Å². The van der Waals surface area contributed by atoms with E-state index in [9.17, 15) is 9.90 Å². The van der Waals surface area contributed by atoms with Crippen molar-refractivity contribution < 1.29 is 9.90 Å². The molecule has 4 N–H and O–H groups in total. The second kappa shape index (κ2) is 7.23. The van der Waals surface area contributed by atoms with E-state index in [0.717, 1.165) is 11.3 Å². The number of aliphatic hydroxyl groups excluding tert-OH is 1. The average Bonchev–Trinajstić information content (AvgIpc) is 2.37. The maximum Gasteiger partial charge on any atom is 0.241 e. The van der Waals surface area contributed by atoms with Crippen molar-refractivity contribution >= 4 is 11.6 Å². The highest BCUT2D eigenvalue weighted by molar-refractivity contribution is 5.94. The fourth-order valence-corrected chi connectivity index (χ4v) is 1.80. The number of nitrogens with zero attached hydrogens (tertiary/aromatic N) is 1. The molecule has 1 aromatic rings. The summed E-state index contributed by atoms with van der Waals surface area (Å²) in [6.45, 7) is 4.41. The normalized spacial score (nSPS) is 14.2. The van der Waals surface area contributed by atoms with Gasteiger partial charge >= 0.3 is 0 Å². The van der Waals surface area contributed by atoms with Crippen molar-refractivity contribution in [2.24, 2.45) is 5.73 Å². The maximum atomic E-state index is 12.1. The Balaban J connectivity index is 2.62. The van der Waals surface area contributed by atoms with E-state index >= 15 is 0 Å². The summed E-state index contributed by atoms with van der Waals surface area (Å²) in [5, 5.41) is 12.2. The molecule has 106 valence electrons. The van der Waals surface area contributed by atoms with Gasteiger partial charge in [-0.1, -0.05) is 12.1 Å². The third kappa shape index (κ3) is 4.98. The zero-order valence-electron chi connectivity index (χ0n) is 11.8. The fraction of sp³-hybridized carbons (Fsp3) is 0.500. The van der Waals surface area contributed by atoms with Crippen molar-refractivity contribution in [2.45, 2.75) is 32.5 Å². The Hall–Kier alpha value is -1.43. The van der Waals surface area contributed by atoms with Gasteiger partial charge in [0.25, 0.3) is 0 Å². The lowest BCUT2D eigenvalue weighted by atomic mass is 10.2. The van der Waals surface area contributed by atoms with Crippen molar-refractivity contribution in [1.29, 1.82) is 0 Å². The van der Waals surface area contributed by atoms with E-state index in [2.05, 4.69) is 5.32 Å². The van der Waals surface area contributed by atoms with Gasteiger partial charge in [0.2, 0.25) is 5.91 Å². The first-order valence-corrected chi connectivity index (χ1v) is 6.42. The van der Waals surface area contributed by atoms with Crippen LogP contribution in [0.25, 0.3) is 0 Å². The molecule has 0 saturated carbocycles. The standard InChI is InChI=1S/C14H23N3O2/c1-10(18)9-17(3)11(2)14(19)16-13-6-4-5-12(7-13)8-15/h4-7,10-11,18H,8-9,15H2,1-3H3,(H,16,19). The number of likely N-dealkylation sites (N-methyl/N-ethyl adjacent to an activating group) is 1. The molecule has 0 fully saturated rings. The molecule has 1 aromatic carbocycles. The summed E-state index contributed by atoms with van der Waals surface area (Å²) in [4.78, 5) is 13.9. The van der Waals surface area contributed by atoms with Crippen LogP contribution < -0.4 is 11.1 Å². The number of nitrogens with one attached hydrogen (secondary N) is 1. The van der Waals surface area contributed by atoms with E-state index in [1.54, 1.807) is 6.92 Å². The van der Waals surface area contributed by atoms with E-state index in [4.69, 9.17) is 5.73 Å². The van der Waals surface area contributed by atoms with Gasteiger partial charge in [0.15, 0.2) is 0 Å². The number of nitrogens with two attached hydrogens (primary N) is 1. The van der Waals surface area contributed by atoms with Gasteiger partial charge in [-0.15, -0.1) is 0 Å². The average molecular weight is 265 g/mol. The fourth-order valence-electron chi connectivity index (χ4n) is 1.80. The summed E-state index contributed by atoms with van der Waals surface area (Å²) in [6, 6.07) is 7.16. The Kier molecular flexibility index (Phi) is 5.95. The molecule has 0 radical (unpaired) electrons. The van der Waals surface area contributed by atoms with Gasteiger partial charge in [-0.05, 0) is 38.6 Å². The molecule has 0 saturated heterocycles. The molecule has 0 aromatic heterocycles. The number of carbonyl (C=O) groups is 1. The van der Waals surface area contributed by atoms with Crippen molar-refractivity contribution in [1.82, 2.24) is 4.90 Å². The Morgan fingerprint density at radius 2 is 2.16 bits per heavy atom. The highest BCUT2D eigenvalue weighted by Crippen LogP contribution is 2.11. The highest BCUT2D eigenvalue weighted by atomic mass is 16.3. The predicted octanol–water partition coefficient (Wildman–Crippen LogP) is 0.785. The van der Waals surface area contributed by atoms with Crippen LogP contribution in [0, 0.1) is 0 Å². The maximum absolute atomic E-state index is 12.1. The summed E-state index contributed by atoms with van der Waals surface area (Å²) >= 11 is 0. The van der Waals surface area contributed by atoms with Crippen LogP contribution in [-0.4, -0.2) is 41.7 Å². The Bertz CT molecular complexity index is 421. The predicted molar refractivity (Wildman–Crippen MR) is 76.7 cm³/mol. The molecule has 0 aliphatic rings. The van der Waals surface area contributed by atoms with Gasteiger partial charge in [-0.2, -0.15) is 0 Å². The lowest BCUT2D eigenvalue weighted by Crippen LogP contribution is -2.42. The molecule has 5 heteroatoms. The molecule has 0 aliphatic carbocycles. The van der Waals surface area contributed by atoms with Gasteiger partial charge in [-0.25, -0.2) is 0 Å². The molecule has 0 heterocycles. The van der Waals surface area contributed by atoms with Crippen LogP contribution in [0.4, 0.5) is 5.69 Å². The van der Waals surface area contributed by atoms with E-state index in [0.29, 0.717) is 13.1 Å². The number of carbonyl (C=O) groups excluding carboxylic acids is 1. The number of rotatable bonds is 6. The molecular formula is C14H23N3O2. The van der Waals surface area contributed by atoms with Crippen LogP contribution in [0.5, 0.6) is 0 Å². The molecule has 1 rings (SSSR count). The molecule has 2 unspecified atom stereocenters. The molecule has 0 aliphatic heterocycles. The number of amides is 1. The second-order valence-corrected chi connectivity index (χ2v) is 4.86. The number of hydrogen-bond acceptors (Lipinski definition) is 4. The number of anilines is 1. The minimum absolute atomic E-state index is 0.0997. The Morgan fingerprint density at radius 3 is 2.74 bits per heavy atom. The van der Waals surface area contributed by atoms with Crippen molar-refractivity contribution in [3.63, 3.8) is 0 Å². The Morgan fingerprint density at radius 1 is 1.47 bits per heavy atom. The lowest BCUT2D eigenvalue weighted by Gasteiger charge is -2.25. The summed E-state index contributed by atoms with van der Waals surface area (Å²) in [7, 11) is 1.81. The quantitative estimate of drug-likeness (QED) is 0.710. The van der Waals surface area contributed by atoms with E-state index in [-0.39, 0.29) is 11.9 Å². The third-order valence-electron chi connectivity index (χ3n) is 3.02. The summed E-state index contributed by atoms with van der Waals surface area (Å²) in [5.41, 5.74) is 7.28. The van der Waals surface area contributed by atoms with Gasteiger partial charge in [0.1, 0.15) is 0 Å². The van der Waals surface area contributed by atoms with Crippen molar-refractivity contribution in [3.8, 4) is 0 Å². The van der Waals surface area contributed by atoms with Gasteiger partial charge in [-0.3, -0.25) is 9.69 Å². The smallest absolute Gasteiger partial charge is 0.241 e. The van der Waals surface area contributed by atoms with Gasteiger partial charge < -0.3 is 16.2 Å². The topological polar surface area (TPSA) is 78.6 Å². The van der Waals surface area contributed by atoms with Crippen LogP contribution in [0.3, 0.4) is 0 Å². The third-order valence-corrected chi connectivity index (χ3v) is 3.02. The number of hydrogen-bond donors (Lipinski definition) is 3. The molecule has 2 atom stereocenters. The van der Waals surface area contributed by atoms with Crippen LogP contribution in [0.2, 0.25) is 0 Å². The first-order chi connectivity index (χ1) is 8.93. The molecular weight excluding hydrogens is 242 g/mol. The lowest BCUT2D eigenvalue weighted by molar-refractivity contribution is -0.120. The highest BCUT2D eigenvalue weighted by Gasteiger charge is 2.19. The number of benzene rings is 1. The Labute approximate surface area is 114 Å². The number of aliphatic hydroxyl groups is 1. The van der Waals surface area contributed by atoms with E-state index < -0.39 is 6.10 Å². The molecule has 5 nitrogen and oxygen atoms in total. The molecule has 0 bridgehead atoms. The summed E-state index contributed by atoms with van der Waals surface area (Å²) < 4.78 is 0. The van der Waals surface area contributed by atoms with Crippen LogP contribution in [0.15, 0.2) is 24.3 Å². The van der Waals surface area contributed by atoms with Crippen molar-refractivity contribution in [2.75, 3.05) is 18.9 Å². The molecule has 19 heavy (non-hydrogen) atoms. The first-order valence-electron chi connectivity index (χ1n) is 6.42. The molecule has 1 amide bonds. The summed E-state index contributed by atoms with van der Waals surface area (Å²) in [5.74, 6) is -0.0997. The zero-order valence-corrected chi connectivity index (χ0v) is 11.8. The summed E-state index contributed by atoms with van der Waals surface area (Å²) in [6.07, 6.45) is -0.458. The SMILES string of the molecule is CC(O)CN(C)C(C)C(=O)Nc1cccc(CN)c1. The second-order valence-electron chi connectivity index (χ2n) is 4.86. The van der Waals surface area contributed by atoms with Crippen molar-refractivity contribution in [3.05, 3.63) is 29.8 Å². The zero-order chi connectivity index (χ0) is 14.4. The van der Waals surface area contributed by atoms with Gasteiger partial charge in [0, 0.05) is 18.8 Å². The van der Waals surface area contributed by atoms with Gasteiger partial charge in [0.05, 0.1) is 12.1 Å². The minimum Gasteiger partial charge on any atom is -0.392 e. The van der Waals surface area contributed by atoms with Crippen LogP contribution >= 0.6 is 0 Å². The molecule has 0 spiro atoms. The largest absolute Gasteiger partial charge is 0.392 e. The van der Waals surface area contributed by atoms with E-state index in [1.807, 2.05) is 43.1 Å². The first kappa shape index (κ1) is 15.6. The monoisotopic (exact) mass is 265 g/mol. The minimum atomic E-state index is -0.458. The van der Waals surface area contributed by atoms with E-state index in [1.165, 1.54) is 0 Å². The van der Waals surface area contributed by atoms with Crippen LogP contribution in [0.1, 0.15) is 19.4 Å².